The van der Waals surface area contributed by atoms with Crippen LogP contribution in [0.4, 0.5) is 0 Å². The fourth-order valence-corrected chi connectivity index (χ4v) is 2.37. The number of carbonyl (C=O) groups is 2. The third-order valence-electron chi connectivity index (χ3n) is 3.73. The van der Waals surface area contributed by atoms with Gasteiger partial charge in [-0.1, -0.05) is 45.4 Å². The van der Waals surface area contributed by atoms with E-state index in [0.29, 0.717) is 12.0 Å². The fraction of sp³-hybridized carbons (Fsp3) is 0.556. The highest BCUT2D eigenvalue weighted by molar-refractivity contribution is 6.00. The summed E-state index contributed by atoms with van der Waals surface area (Å²) in [6.07, 6.45) is 8.56. The number of carbonyl (C=O) groups excluding carboxylic acids is 2. The molecular weight excluding hydrogens is 280 g/mol. The minimum absolute atomic E-state index is 0.00119. The Morgan fingerprint density at radius 2 is 1.68 bits per heavy atom. The van der Waals surface area contributed by atoms with Crippen molar-refractivity contribution in [2.75, 3.05) is 7.11 Å². The van der Waals surface area contributed by atoms with E-state index >= 15 is 0 Å². The molecule has 0 saturated carbocycles. The summed E-state index contributed by atoms with van der Waals surface area (Å²) in [7, 11) is 1.24. The van der Waals surface area contributed by atoms with Crippen LogP contribution in [0.2, 0.25) is 0 Å². The molecule has 1 aromatic carbocycles. The quantitative estimate of drug-likeness (QED) is 0.392. The minimum Gasteiger partial charge on any atom is -0.507 e. The topological polar surface area (TPSA) is 63.6 Å². The molecule has 0 aliphatic heterocycles. The molecule has 0 atom stereocenters. The van der Waals surface area contributed by atoms with E-state index in [0.717, 1.165) is 19.3 Å². The molecule has 122 valence electrons. The molecule has 1 N–H and O–H groups in total. The smallest absolute Gasteiger partial charge is 0.341 e. The highest BCUT2D eigenvalue weighted by Gasteiger charge is 2.15. The maximum absolute atomic E-state index is 12.1. The summed E-state index contributed by atoms with van der Waals surface area (Å²) in [5.41, 5.74) is 0.483. The maximum Gasteiger partial charge on any atom is 0.341 e. The Morgan fingerprint density at radius 3 is 2.32 bits per heavy atom. The van der Waals surface area contributed by atoms with Gasteiger partial charge in [-0.25, -0.2) is 4.79 Å². The standard InChI is InChI=1S/C18H26O4/c1-3-4-5-6-7-8-9-10-16(19)14-11-12-17(20)15(13-14)18(21)22-2/h11-13,20H,3-10H2,1-2H3. The molecule has 4 heteroatoms. The second-order valence-electron chi connectivity index (χ2n) is 5.52. The fourth-order valence-electron chi connectivity index (χ4n) is 2.37. The zero-order valence-corrected chi connectivity index (χ0v) is 13.6. The average Bonchev–Trinajstić information content (AvgIpc) is 2.53. The SMILES string of the molecule is CCCCCCCCCC(=O)c1ccc(O)c(C(=O)OC)c1. The van der Waals surface area contributed by atoms with Gasteiger partial charge in [-0.3, -0.25) is 4.79 Å². The van der Waals surface area contributed by atoms with E-state index in [1.54, 1.807) is 6.07 Å². The lowest BCUT2D eigenvalue weighted by Crippen LogP contribution is -2.05. The Hall–Kier alpha value is -1.84. The van der Waals surface area contributed by atoms with Crippen LogP contribution in [0.3, 0.4) is 0 Å². The monoisotopic (exact) mass is 306 g/mol. The highest BCUT2D eigenvalue weighted by atomic mass is 16.5. The van der Waals surface area contributed by atoms with E-state index in [1.807, 2.05) is 0 Å². The summed E-state index contributed by atoms with van der Waals surface area (Å²) >= 11 is 0. The van der Waals surface area contributed by atoms with Crippen molar-refractivity contribution in [3.63, 3.8) is 0 Å². The van der Waals surface area contributed by atoms with Crippen molar-refractivity contribution in [1.29, 1.82) is 0 Å². The van der Waals surface area contributed by atoms with Crippen molar-refractivity contribution in [3.05, 3.63) is 29.3 Å². The number of Topliss-reactive ketones (excluding diaryl/α,β-unsaturated/α-hetero) is 1. The summed E-state index contributed by atoms with van der Waals surface area (Å²) in [5.74, 6) is -0.805. The van der Waals surface area contributed by atoms with Crippen LogP contribution in [0.25, 0.3) is 0 Å². The summed E-state index contributed by atoms with van der Waals surface area (Å²) in [6, 6.07) is 4.32. The normalized spacial score (nSPS) is 10.5. The average molecular weight is 306 g/mol. The van der Waals surface area contributed by atoms with E-state index in [9.17, 15) is 14.7 Å². The highest BCUT2D eigenvalue weighted by Crippen LogP contribution is 2.21. The first-order chi connectivity index (χ1) is 10.6. The number of aromatic hydroxyl groups is 1. The predicted molar refractivity (Wildman–Crippen MR) is 86.4 cm³/mol. The summed E-state index contributed by atoms with van der Waals surface area (Å²) in [6.45, 7) is 2.19. The molecule has 0 saturated heterocycles. The first kappa shape index (κ1) is 18.2. The molecule has 0 amide bonds. The Labute approximate surface area is 132 Å². The number of hydrogen-bond acceptors (Lipinski definition) is 4. The zero-order chi connectivity index (χ0) is 16.4. The first-order valence-corrected chi connectivity index (χ1v) is 8.04. The Bertz CT molecular complexity index is 494. The Kier molecular flexibility index (Phi) is 8.26. The van der Waals surface area contributed by atoms with Crippen LogP contribution in [0.1, 0.15) is 79.0 Å². The molecule has 22 heavy (non-hydrogen) atoms. The van der Waals surface area contributed by atoms with Crippen LogP contribution in [0, 0.1) is 0 Å². The predicted octanol–water partition coefficient (Wildman–Crippen LogP) is 4.50. The third-order valence-corrected chi connectivity index (χ3v) is 3.73. The molecule has 0 fully saturated rings. The van der Waals surface area contributed by atoms with Gasteiger partial charge < -0.3 is 9.84 Å². The Morgan fingerprint density at radius 1 is 1.05 bits per heavy atom. The van der Waals surface area contributed by atoms with Gasteiger partial charge in [0.2, 0.25) is 0 Å². The second-order valence-corrected chi connectivity index (χ2v) is 5.52. The third kappa shape index (κ3) is 5.88. The van der Waals surface area contributed by atoms with Gasteiger partial charge in [0.15, 0.2) is 5.78 Å². The van der Waals surface area contributed by atoms with E-state index in [2.05, 4.69) is 11.7 Å². The summed E-state index contributed by atoms with van der Waals surface area (Å²) < 4.78 is 4.59. The number of phenols is 1. The van der Waals surface area contributed by atoms with E-state index in [-0.39, 0.29) is 17.1 Å². The molecule has 1 aromatic rings. The van der Waals surface area contributed by atoms with E-state index in [4.69, 9.17) is 0 Å². The van der Waals surface area contributed by atoms with Crippen molar-refractivity contribution in [2.24, 2.45) is 0 Å². The van der Waals surface area contributed by atoms with Crippen LogP contribution in [-0.2, 0) is 4.74 Å². The van der Waals surface area contributed by atoms with E-state index in [1.165, 1.54) is 44.9 Å². The van der Waals surface area contributed by atoms with Crippen LogP contribution in [0.15, 0.2) is 18.2 Å². The zero-order valence-electron chi connectivity index (χ0n) is 13.6. The van der Waals surface area contributed by atoms with Crippen molar-refractivity contribution < 1.29 is 19.4 Å². The van der Waals surface area contributed by atoms with Gasteiger partial charge in [0.1, 0.15) is 11.3 Å². The molecule has 0 heterocycles. The molecule has 0 radical (unpaired) electrons. The van der Waals surface area contributed by atoms with E-state index < -0.39 is 5.97 Å². The largest absolute Gasteiger partial charge is 0.507 e. The number of benzene rings is 1. The van der Waals surface area contributed by atoms with Gasteiger partial charge in [0, 0.05) is 12.0 Å². The molecule has 0 aliphatic rings. The number of ether oxygens (including phenoxy) is 1. The maximum atomic E-state index is 12.1. The van der Waals surface area contributed by atoms with Crippen molar-refractivity contribution in [1.82, 2.24) is 0 Å². The second kappa shape index (κ2) is 9.98. The van der Waals surface area contributed by atoms with Crippen molar-refractivity contribution in [2.45, 2.75) is 58.3 Å². The lowest BCUT2D eigenvalue weighted by Gasteiger charge is -2.06. The van der Waals surface area contributed by atoms with Gasteiger partial charge in [-0.2, -0.15) is 0 Å². The van der Waals surface area contributed by atoms with Crippen molar-refractivity contribution in [3.8, 4) is 5.75 Å². The molecule has 1 rings (SSSR count). The summed E-state index contributed by atoms with van der Waals surface area (Å²) in [4.78, 5) is 23.6. The summed E-state index contributed by atoms with van der Waals surface area (Å²) in [5, 5.41) is 9.62. The van der Waals surface area contributed by atoms with Crippen molar-refractivity contribution >= 4 is 11.8 Å². The van der Waals surface area contributed by atoms with Crippen LogP contribution >= 0.6 is 0 Å². The van der Waals surface area contributed by atoms with Crippen LogP contribution < -0.4 is 0 Å². The van der Waals surface area contributed by atoms with Gasteiger partial charge in [0.25, 0.3) is 0 Å². The molecule has 0 bridgehead atoms. The lowest BCUT2D eigenvalue weighted by atomic mass is 10.0. The Balaban J connectivity index is 2.44. The molecule has 0 aromatic heterocycles. The van der Waals surface area contributed by atoms with Gasteiger partial charge in [-0.05, 0) is 24.6 Å². The van der Waals surface area contributed by atoms with Crippen LogP contribution in [-0.4, -0.2) is 24.0 Å². The lowest BCUT2D eigenvalue weighted by molar-refractivity contribution is 0.0597. The molecule has 0 spiro atoms. The van der Waals surface area contributed by atoms with Gasteiger partial charge in [0.05, 0.1) is 7.11 Å². The van der Waals surface area contributed by atoms with Crippen LogP contribution in [0.5, 0.6) is 5.75 Å². The number of phenolic OH excluding ortho intramolecular Hbond substituents is 1. The van der Waals surface area contributed by atoms with Gasteiger partial charge >= 0.3 is 5.97 Å². The number of esters is 1. The minimum atomic E-state index is -0.636. The molecular formula is C18H26O4. The molecule has 0 aliphatic carbocycles. The number of hydrogen-bond donors (Lipinski definition) is 1. The number of rotatable bonds is 10. The molecule has 0 unspecified atom stereocenters. The first-order valence-electron chi connectivity index (χ1n) is 8.04. The number of unbranched alkanes of at least 4 members (excludes halogenated alkanes) is 6. The molecule has 4 nitrogen and oxygen atoms in total. The number of ketones is 1. The number of methoxy groups -OCH3 is 1. The van der Waals surface area contributed by atoms with Gasteiger partial charge in [-0.15, -0.1) is 0 Å².